The predicted octanol–water partition coefficient (Wildman–Crippen LogP) is 2.46. The average molecular weight is 258 g/mol. The maximum absolute atomic E-state index is 12.5. The Morgan fingerprint density at radius 2 is 2.16 bits per heavy atom. The first-order chi connectivity index (χ1) is 9.19. The van der Waals surface area contributed by atoms with Crippen molar-refractivity contribution < 1.29 is 9.63 Å². The minimum Gasteiger partial charge on any atom is -0.387 e. The van der Waals surface area contributed by atoms with E-state index in [1.165, 1.54) is 0 Å². The predicted molar refractivity (Wildman–Crippen MR) is 73.1 cm³/mol. The normalized spacial score (nSPS) is 26.2. The number of carbonyl (C=O) groups is 1. The molecule has 100 valence electrons. The fraction of sp³-hybridized carbons (Fsp3) is 0.467. The van der Waals surface area contributed by atoms with Gasteiger partial charge in [-0.2, -0.15) is 0 Å². The van der Waals surface area contributed by atoms with Crippen molar-refractivity contribution in [3.8, 4) is 0 Å². The molecule has 1 aromatic carbocycles. The number of carbonyl (C=O) groups excluding carboxylic acids is 1. The highest BCUT2D eigenvalue weighted by atomic mass is 16.7. The lowest BCUT2D eigenvalue weighted by molar-refractivity contribution is -0.0618. The number of rotatable bonds is 1. The van der Waals surface area contributed by atoms with E-state index in [4.69, 9.17) is 4.84 Å². The van der Waals surface area contributed by atoms with Gasteiger partial charge in [0.05, 0.1) is 12.3 Å². The standard InChI is InChI=1S/C15H18N2O2/c1-12-10-15(19-16-12)8-5-9-17(11-15)14(18)13-6-3-2-4-7-13/h2-4,6-7H,5,8-11H2,1H3. The third kappa shape index (κ3) is 2.35. The summed E-state index contributed by atoms with van der Waals surface area (Å²) in [6.07, 6.45) is 2.79. The van der Waals surface area contributed by atoms with Gasteiger partial charge in [-0.3, -0.25) is 4.79 Å². The van der Waals surface area contributed by atoms with E-state index in [1.807, 2.05) is 42.2 Å². The lowest BCUT2D eigenvalue weighted by atomic mass is 9.88. The lowest BCUT2D eigenvalue weighted by Crippen LogP contribution is -2.50. The second-order valence-electron chi connectivity index (χ2n) is 5.47. The molecule has 1 amide bonds. The van der Waals surface area contributed by atoms with Crippen molar-refractivity contribution in [2.75, 3.05) is 13.1 Å². The molecular weight excluding hydrogens is 240 g/mol. The molecule has 1 saturated heterocycles. The summed E-state index contributed by atoms with van der Waals surface area (Å²) in [5.74, 6) is 0.0906. The highest BCUT2D eigenvalue weighted by Gasteiger charge is 2.43. The molecule has 0 aliphatic carbocycles. The van der Waals surface area contributed by atoms with E-state index < -0.39 is 0 Å². The number of likely N-dealkylation sites (tertiary alicyclic amines) is 1. The van der Waals surface area contributed by atoms with Crippen molar-refractivity contribution in [2.24, 2.45) is 5.16 Å². The average Bonchev–Trinajstić information content (AvgIpc) is 2.79. The van der Waals surface area contributed by atoms with Gasteiger partial charge in [-0.25, -0.2) is 0 Å². The van der Waals surface area contributed by atoms with Gasteiger partial charge in [0.15, 0.2) is 5.60 Å². The molecule has 0 bridgehead atoms. The van der Waals surface area contributed by atoms with Crippen LogP contribution in [0, 0.1) is 0 Å². The molecule has 3 rings (SSSR count). The molecule has 1 atom stereocenters. The van der Waals surface area contributed by atoms with Crippen molar-refractivity contribution in [3.63, 3.8) is 0 Å². The maximum atomic E-state index is 12.5. The van der Waals surface area contributed by atoms with Gasteiger partial charge in [-0.05, 0) is 31.9 Å². The number of oxime groups is 1. The second-order valence-corrected chi connectivity index (χ2v) is 5.47. The molecule has 1 spiro atoms. The Labute approximate surface area is 113 Å². The van der Waals surface area contributed by atoms with Gasteiger partial charge in [0.2, 0.25) is 0 Å². The molecule has 2 aliphatic rings. The third-order valence-corrected chi connectivity index (χ3v) is 3.82. The summed E-state index contributed by atoms with van der Waals surface area (Å²) >= 11 is 0. The molecule has 1 aromatic rings. The molecule has 0 saturated carbocycles. The number of benzene rings is 1. The monoisotopic (exact) mass is 258 g/mol. The van der Waals surface area contributed by atoms with E-state index in [0.29, 0.717) is 6.54 Å². The van der Waals surface area contributed by atoms with Gasteiger partial charge in [-0.1, -0.05) is 23.4 Å². The first-order valence-corrected chi connectivity index (χ1v) is 6.75. The van der Waals surface area contributed by atoms with E-state index in [9.17, 15) is 4.79 Å². The number of amides is 1. The fourth-order valence-corrected chi connectivity index (χ4v) is 2.96. The molecule has 4 heteroatoms. The van der Waals surface area contributed by atoms with Crippen LogP contribution in [0.1, 0.15) is 36.5 Å². The Balaban J connectivity index is 1.74. The summed E-state index contributed by atoms with van der Waals surface area (Å²) in [7, 11) is 0. The summed E-state index contributed by atoms with van der Waals surface area (Å²) in [6.45, 7) is 3.42. The van der Waals surface area contributed by atoms with Crippen LogP contribution in [0.4, 0.5) is 0 Å². The minimum atomic E-state index is -0.271. The molecule has 0 radical (unpaired) electrons. The number of piperidine rings is 1. The molecular formula is C15H18N2O2. The Hall–Kier alpha value is -1.84. The molecule has 19 heavy (non-hydrogen) atoms. The topological polar surface area (TPSA) is 41.9 Å². The molecule has 2 aliphatic heterocycles. The lowest BCUT2D eigenvalue weighted by Gasteiger charge is -2.38. The van der Waals surface area contributed by atoms with Gasteiger partial charge in [0, 0.05) is 18.5 Å². The number of hydrogen-bond donors (Lipinski definition) is 0. The van der Waals surface area contributed by atoms with Gasteiger partial charge in [-0.15, -0.1) is 0 Å². The van der Waals surface area contributed by atoms with Crippen LogP contribution in [0.25, 0.3) is 0 Å². The van der Waals surface area contributed by atoms with Crippen molar-refractivity contribution in [1.29, 1.82) is 0 Å². The molecule has 1 fully saturated rings. The highest BCUT2D eigenvalue weighted by Crippen LogP contribution is 2.33. The molecule has 0 N–H and O–H groups in total. The first-order valence-electron chi connectivity index (χ1n) is 6.75. The first kappa shape index (κ1) is 12.2. The van der Waals surface area contributed by atoms with Crippen molar-refractivity contribution in [1.82, 2.24) is 4.90 Å². The SMILES string of the molecule is CC1=NOC2(CCCN(C(=O)c3ccccc3)C2)C1. The van der Waals surface area contributed by atoms with Gasteiger partial charge >= 0.3 is 0 Å². The second kappa shape index (κ2) is 4.68. The van der Waals surface area contributed by atoms with E-state index in [0.717, 1.165) is 37.1 Å². The van der Waals surface area contributed by atoms with Crippen LogP contribution >= 0.6 is 0 Å². The zero-order valence-electron chi connectivity index (χ0n) is 11.1. The molecule has 4 nitrogen and oxygen atoms in total. The van der Waals surface area contributed by atoms with Gasteiger partial charge < -0.3 is 9.74 Å². The molecule has 0 aromatic heterocycles. The van der Waals surface area contributed by atoms with Crippen LogP contribution in [-0.4, -0.2) is 35.2 Å². The Morgan fingerprint density at radius 3 is 2.84 bits per heavy atom. The fourth-order valence-electron chi connectivity index (χ4n) is 2.96. The summed E-state index contributed by atoms with van der Waals surface area (Å²) < 4.78 is 0. The molecule has 2 heterocycles. The van der Waals surface area contributed by atoms with Crippen LogP contribution in [-0.2, 0) is 4.84 Å². The quantitative estimate of drug-likeness (QED) is 0.776. The van der Waals surface area contributed by atoms with E-state index in [-0.39, 0.29) is 11.5 Å². The summed E-state index contributed by atoms with van der Waals surface area (Å²) in [5.41, 5.74) is 1.50. The van der Waals surface area contributed by atoms with Gasteiger partial charge in [0.25, 0.3) is 5.91 Å². The number of nitrogens with zero attached hydrogens (tertiary/aromatic N) is 2. The Bertz CT molecular complexity index is 512. The summed E-state index contributed by atoms with van der Waals surface area (Å²) in [5, 5.41) is 4.06. The van der Waals surface area contributed by atoms with Crippen LogP contribution in [0.3, 0.4) is 0 Å². The van der Waals surface area contributed by atoms with Crippen LogP contribution in [0.5, 0.6) is 0 Å². The smallest absolute Gasteiger partial charge is 0.253 e. The van der Waals surface area contributed by atoms with Crippen LogP contribution in [0.2, 0.25) is 0 Å². The zero-order valence-corrected chi connectivity index (χ0v) is 11.1. The van der Waals surface area contributed by atoms with E-state index in [2.05, 4.69) is 5.16 Å². The van der Waals surface area contributed by atoms with E-state index in [1.54, 1.807) is 0 Å². The minimum absolute atomic E-state index is 0.0906. The van der Waals surface area contributed by atoms with Crippen molar-refractivity contribution in [3.05, 3.63) is 35.9 Å². The summed E-state index contributed by atoms with van der Waals surface area (Å²) in [4.78, 5) is 20.0. The molecule has 1 unspecified atom stereocenters. The zero-order chi connectivity index (χ0) is 13.3. The third-order valence-electron chi connectivity index (χ3n) is 3.82. The Kier molecular flexibility index (Phi) is 3.01. The largest absolute Gasteiger partial charge is 0.387 e. The number of hydrogen-bond acceptors (Lipinski definition) is 3. The Morgan fingerprint density at radius 1 is 1.37 bits per heavy atom. The maximum Gasteiger partial charge on any atom is 0.253 e. The summed E-state index contributed by atoms with van der Waals surface area (Å²) in [6, 6.07) is 9.44. The van der Waals surface area contributed by atoms with Crippen LogP contribution in [0.15, 0.2) is 35.5 Å². The highest BCUT2D eigenvalue weighted by molar-refractivity contribution is 5.94. The van der Waals surface area contributed by atoms with Crippen LogP contribution < -0.4 is 0 Å². The van der Waals surface area contributed by atoms with Crippen molar-refractivity contribution >= 4 is 11.6 Å². The van der Waals surface area contributed by atoms with Crippen molar-refractivity contribution in [2.45, 2.75) is 31.8 Å². The van der Waals surface area contributed by atoms with Gasteiger partial charge in [0.1, 0.15) is 0 Å². The van der Waals surface area contributed by atoms with E-state index >= 15 is 0 Å².